The van der Waals surface area contributed by atoms with Gasteiger partial charge in [0.15, 0.2) is 5.82 Å². The topological polar surface area (TPSA) is 54.0 Å². The number of carbonyl (C=O) groups is 1. The lowest BCUT2D eigenvalue weighted by Gasteiger charge is -2.09. The van der Waals surface area contributed by atoms with Gasteiger partial charge >= 0.3 is 0 Å². The molecule has 0 saturated heterocycles. The lowest BCUT2D eigenvalue weighted by atomic mass is 10.2. The Kier molecular flexibility index (Phi) is 4.42. The predicted octanol–water partition coefficient (Wildman–Crippen LogP) is 3.82. The number of carbonyl (C=O) groups excluding carboxylic acids is 1. The monoisotopic (exact) mass is 313 g/mol. The fourth-order valence-electron chi connectivity index (χ4n) is 1.52. The average molecular weight is 314 g/mol. The molecule has 0 saturated carbocycles. The normalized spacial score (nSPS) is 10.2. The van der Waals surface area contributed by atoms with Crippen LogP contribution in [0.4, 0.5) is 15.9 Å². The number of pyridine rings is 1. The third-order valence-corrected chi connectivity index (χ3v) is 3.11. The fraction of sp³-hybridized carbons (Fsp3) is 0.0769. The van der Waals surface area contributed by atoms with Crippen molar-refractivity contribution in [2.75, 3.05) is 17.7 Å². The van der Waals surface area contributed by atoms with Gasteiger partial charge in [0.25, 0.3) is 5.91 Å². The molecule has 2 rings (SSSR count). The van der Waals surface area contributed by atoms with Gasteiger partial charge in [-0.15, -0.1) is 0 Å². The minimum atomic E-state index is -0.705. The van der Waals surface area contributed by atoms with E-state index < -0.39 is 11.7 Å². The van der Waals surface area contributed by atoms with Crippen LogP contribution in [0.2, 0.25) is 10.0 Å². The molecule has 0 atom stereocenters. The summed E-state index contributed by atoms with van der Waals surface area (Å²) in [6, 6.07) is 7.47. The van der Waals surface area contributed by atoms with Crippen molar-refractivity contribution in [3.8, 4) is 0 Å². The highest BCUT2D eigenvalue weighted by molar-refractivity contribution is 6.34. The number of nitrogens with one attached hydrogen (secondary N) is 2. The summed E-state index contributed by atoms with van der Waals surface area (Å²) in [5.41, 5.74) is -0.0341. The quantitative estimate of drug-likeness (QED) is 0.905. The first kappa shape index (κ1) is 14.6. The smallest absolute Gasteiger partial charge is 0.275 e. The molecule has 1 aromatic heterocycles. The molecule has 0 bridgehead atoms. The standard InChI is InChI=1S/C13H10Cl2FN3O/c1-17-10-6-5-8(15)12(19-10)13(20)18-9-4-2-3-7(14)11(9)16/h2-6H,1H3,(H,17,19)(H,18,20). The third-order valence-electron chi connectivity index (χ3n) is 2.52. The lowest BCUT2D eigenvalue weighted by molar-refractivity contribution is 0.102. The fourth-order valence-corrected chi connectivity index (χ4v) is 1.89. The van der Waals surface area contributed by atoms with Gasteiger partial charge in [0.1, 0.15) is 11.5 Å². The molecule has 0 aliphatic heterocycles. The maximum atomic E-state index is 13.7. The number of hydrogen-bond donors (Lipinski definition) is 2. The van der Waals surface area contributed by atoms with Gasteiger partial charge in [0, 0.05) is 7.05 Å². The number of rotatable bonds is 3. The molecule has 2 N–H and O–H groups in total. The van der Waals surface area contributed by atoms with E-state index >= 15 is 0 Å². The van der Waals surface area contributed by atoms with Crippen molar-refractivity contribution in [2.45, 2.75) is 0 Å². The van der Waals surface area contributed by atoms with Crippen molar-refractivity contribution in [3.05, 3.63) is 51.9 Å². The highest BCUT2D eigenvalue weighted by Gasteiger charge is 2.16. The number of nitrogens with zero attached hydrogens (tertiary/aromatic N) is 1. The summed E-state index contributed by atoms with van der Waals surface area (Å²) in [6.45, 7) is 0. The SMILES string of the molecule is CNc1ccc(Cl)c(C(=O)Nc2cccc(Cl)c2F)n1. The second-order valence-corrected chi connectivity index (χ2v) is 4.65. The lowest BCUT2D eigenvalue weighted by Crippen LogP contribution is -2.16. The molecule has 104 valence electrons. The van der Waals surface area contributed by atoms with Gasteiger partial charge in [-0.2, -0.15) is 0 Å². The molecule has 0 radical (unpaired) electrons. The Labute approximate surface area is 124 Å². The van der Waals surface area contributed by atoms with Crippen LogP contribution < -0.4 is 10.6 Å². The van der Waals surface area contributed by atoms with Gasteiger partial charge in [-0.1, -0.05) is 29.3 Å². The second-order valence-electron chi connectivity index (χ2n) is 3.83. The predicted molar refractivity (Wildman–Crippen MR) is 78.2 cm³/mol. The molecular formula is C13H10Cl2FN3O. The van der Waals surface area contributed by atoms with Crippen LogP contribution in [0, 0.1) is 5.82 Å². The van der Waals surface area contributed by atoms with Crippen molar-refractivity contribution >= 4 is 40.6 Å². The molecule has 4 nitrogen and oxygen atoms in total. The number of anilines is 2. The summed E-state index contributed by atoms with van der Waals surface area (Å²) in [4.78, 5) is 16.1. The molecule has 20 heavy (non-hydrogen) atoms. The zero-order chi connectivity index (χ0) is 14.7. The van der Waals surface area contributed by atoms with E-state index in [-0.39, 0.29) is 21.4 Å². The average Bonchev–Trinajstić information content (AvgIpc) is 2.44. The molecule has 1 aromatic carbocycles. The van der Waals surface area contributed by atoms with Crippen molar-refractivity contribution in [2.24, 2.45) is 0 Å². The van der Waals surface area contributed by atoms with Crippen LogP contribution in [0.15, 0.2) is 30.3 Å². The number of halogens is 3. The van der Waals surface area contributed by atoms with Crippen molar-refractivity contribution in [1.82, 2.24) is 4.98 Å². The van der Waals surface area contributed by atoms with Crippen molar-refractivity contribution in [3.63, 3.8) is 0 Å². The Morgan fingerprint density at radius 2 is 1.95 bits per heavy atom. The molecule has 7 heteroatoms. The van der Waals surface area contributed by atoms with Crippen molar-refractivity contribution in [1.29, 1.82) is 0 Å². The largest absolute Gasteiger partial charge is 0.373 e. The molecule has 1 heterocycles. The van der Waals surface area contributed by atoms with Gasteiger partial charge in [0.05, 0.1) is 15.7 Å². The molecule has 0 fully saturated rings. The van der Waals surface area contributed by atoms with Gasteiger partial charge in [-0.3, -0.25) is 4.79 Å². The number of aromatic nitrogens is 1. The van der Waals surface area contributed by atoms with Crippen LogP contribution >= 0.6 is 23.2 Å². The zero-order valence-corrected chi connectivity index (χ0v) is 11.9. The van der Waals surface area contributed by atoms with Gasteiger partial charge in [-0.25, -0.2) is 9.37 Å². The first-order valence-corrected chi connectivity index (χ1v) is 6.38. The highest BCUT2D eigenvalue weighted by atomic mass is 35.5. The maximum Gasteiger partial charge on any atom is 0.275 e. The van der Waals surface area contributed by atoms with E-state index in [1.807, 2.05) is 0 Å². The van der Waals surface area contributed by atoms with E-state index in [0.717, 1.165) is 0 Å². The molecule has 0 unspecified atom stereocenters. The third kappa shape index (κ3) is 3.00. The van der Waals surface area contributed by atoms with E-state index in [1.165, 1.54) is 24.3 Å². The first-order chi connectivity index (χ1) is 9.52. The Bertz CT molecular complexity index is 664. The van der Waals surface area contributed by atoms with Crippen LogP contribution in [-0.4, -0.2) is 17.9 Å². The van der Waals surface area contributed by atoms with Crippen LogP contribution in [0.1, 0.15) is 10.5 Å². The molecule has 2 aromatic rings. The van der Waals surface area contributed by atoms with E-state index in [1.54, 1.807) is 13.1 Å². The van der Waals surface area contributed by atoms with Crippen LogP contribution in [0.3, 0.4) is 0 Å². The van der Waals surface area contributed by atoms with Gasteiger partial charge < -0.3 is 10.6 Å². The summed E-state index contributed by atoms with van der Waals surface area (Å²) in [6.07, 6.45) is 0. The van der Waals surface area contributed by atoms with E-state index in [2.05, 4.69) is 15.6 Å². The Morgan fingerprint density at radius 1 is 1.20 bits per heavy atom. The van der Waals surface area contributed by atoms with E-state index in [0.29, 0.717) is 5.82 Å². The first-order valence-electron chi connectivity index (χ1n) is 5.62. The molecule has 0 spiro atoms. The summed E-state index contributed by atoms with van der Waals surface area (Å²) in [7, 11) is 1.66. The molecule has 0 aliphatic carbocycles. The zero-order valence-electron chi connectivity index (χ0n) is 10.4. The summed E-state index contributed by atoms with van der Waals surface area (Å²) in [5, 5.41) is 5.27. The van der Waals surface area contributed by atoms with Crippen molar-refractivity contribution < 1.29 is 9.18 Å². The number of hydrogen-bond acceptors (Lipinski definition) is 3. The summed E-state index contributed by atoms with van der Waals surface area (Å²) < 4.78 is 13.7. The summed E-state index contributed by atoms with van der Waals surface area (Å²) in [5.74, 6) is -0.845. The minimum Gasteiger partial charge on any atom is -0.373 e. The maximum absolute atomic E-state index is 13.7. The highest BCUT2D eigenvalue weighted by Crippen LogP contribution is 2.23. The number of benzene rings is 1. The Morgan fingerprint density at radius 3 is 2.65 bits per heavy atom. The molecular weight excluding hydrogens is 304 g/mol. The Balaban J connectivity index is 2.30. The molecule has 0 aliphatic rings. The number of amides is 1. The van der Waals surface area contributed by atoms with Crippen LogP contribution in [0.5, 0.6) is 0 Å². The van der Waals surface area contributed by atoms with E-state index in [9.17, 15) is 9.18 Å². The van der Waals surface area contributed by atoms with Crippen LogP contribution in [0.25, 0.3) is 0 Å². The molecule has 1 amide bonds. The second kappa shape index (κ2) is 6.07. The van der Waals surface area contributed by atoms with E-state index in [4.69, 9.17) is 23.2 Å². The van der Waals surface area contributed by atoms with Gasteiger partial charge in [-0.05, 0) is 24.3 Å². The van der Waals surface area contributed by atoms with Gasteiger partial charge in [0.2, 0.25) is 0 Å². The minimum absolute atomic E-state index is 0.00195. The Hall–Kier alpha value is -1.85. The van der Waals surface area contributed by atoms with Crippen LogP contribution in [-0.2, 0) is 0 Å². The summed E-state index contributed by atoms with van der Waals surface area (Å²) >= 11 is 11.6.